The number of nitrogens with one attached hydrogen (secondary N) is 1. The van der Waals surface area contributed by atoms with Crippen LogP contribution < -0.4 is 11.0 Å². The normalized spacial score (nSPS) is 34.3. The lowest BCUT2D eigenvalue weighted by molar-refractivity contribution is -0.167. The van der Waals surface area contributed by atoms with Crippen LogP contribution in [0.25, 0.3) is 11.0 Å². The molecule has 4 fully saturated rings. The van der Waals surface area contributed by atoms with Gasteiger partial charge in [0.25, 0.3) is 0 Å². The Labute approximate surface area is 158 Å². The molecule has 0 saturated heterocycles. The second kappa shape index (κ2) is 5.47. The largest absolute Gasteiger partial charge is 0.390 e. The molecule has 2 N–H and O–H groups in total. The van der Waals surface area contributed by atoms with Crippen LogP contribution in [0.2, 0.25) is 0 Å². The van der Waals surface area contributed by atoms with Crippen molar-refractivity contribution in [2.45, 2.75) is 50.5 Å². The first kappa shape index (κ1) is 17.0. The summed E-state index contributed by atoms with van der Waals surface area (Å²) in [6.07, 6.45) is 6.47. The van der Waals surface area contributed by atoms with Crippen molar-refractivity contribution < 1.29 is 9.90 Å². The maximum absolute atomic E-state index is 12.8. The van der Waals surface area contributed by atoms with Crippen LogP contribution in [0.5, 0.6) is 0 Å². The molecule has 6 rings (SSSR count). The fourth-order valence-corrected chi connectivity index (χ4v) is 6.74. The van der Waals surface area contributed by atoms with E-state index >= 15 is 0 Å². The van der Waals surface area contributed by atoms with Crippen molar-refractivity contribution in [1.82, 2.24) is 9.13 Å². The third-order valence-corrected chi connectivity index (χ3v) is 7.24. The number of benzene rings is 1. The van der Waals surface area contributed by atoms with Crippen molar-refractivity contribution in [3.05, 3.63) is 28.7 Å². The van der Waals surface area contributed by atoms with Gasteiger partial charge in [-0.2, -0.15) is 0 Å². The number of imidazole rings is 1. The summed E-state index contributed by atoms with van der Waals surface area (Å²) >= 11 is 0. The van der Waals surface area contributed by atoms with Crippen molar-refractivity contribution in [2.24, 2.45) is 31.3 Å². The summed E-state index contributed by atoms with van der Waals surface area (Å²) in [6.45, 7) is 0. The van der Waals surface area contributed by atoms with Gasteiger partial charge in [-0.3, -0.25) is 13.9 Å². The van der Waals surface area contributed by atoms with E-state index in [-0.39, 0.29) is 17.0 Å². The fourth-order valence-electron chi connectivity index (χ4n) is 6.74. The Morgan fingerprint density at radius 3 is 2.48 bits per heavy atom. The van der Waals surface area contributed by atoms with E-state index in [0.29, 0.717) is 18.3 Å². The molecular formula is C21H27N3O3. The molecule has 0 unspecified atom stereocenters. The van der Waals surface area contributed by atoms with Gasteiger partial charge in [-0.25, -0.2) is 4.79 Å². The Balaban J connectivity index is 1.36. The van der Waals surface area contributed by atoms with Crippen molar-refractivity contribution >= 4 is 22.6 Å². The van der Waals surface area contributed by atoms with Crippen molar-refractivity contribution in [2.75, 3.05) is 5.32 Å². The van der Waals surface area contributed by atoms with Crippen LogP contribution in [-0.2, 0) is 18.9 Å². The summed E-state index contributed by atoms with van der Waals surface area (Å²) in [7, 11) is 3.49. The van der Waals surface area contributed by atoms with Gasteiger partial charge in [0.1, 0.15) is 0 Å². The molecule has 4 aliphatic rings. The van der Waals surface area contributed by atoms with E-state index in [9.17, 15) is 14.7 Å². The molecule has 27 heavy (non-hydrogen) atoms. The van der Waals surface area contributed by atoms with E-state index in [2.05, 4.69) is 5.32 Å². The maximum atomic E-state index is 12.8. The molecule has 0 aliphatic heterocycles. The summed E-state index contributed by atoms with van der Waals surface area (Å²) in [5.74, 6) is 1.18. The summed E-state index contributed by atoms with van der Waals surface area (Å²) in [6, 6.07) is 5.59. The third-order valence-electron chi connectivity index (χ3n) is 7.24. The molecule has 4 bridgehead atoms. The third kappa shape index (κ3) is 2.64. The van der Waals surface area contributed by atoms with E-state index in [1.54, 1.807) is 23.2 Å². The van der Waals surface area contributed by atoms with Crippen LogP contribution in [0.3, 0.4) is 0 Å². The van der Waals surface area contributed by atoms with E-state index < -0.39 is 5.60 Å². The molecular weight excluding hydrogens is 342 g/mol. The van der Waals surface area contributed by atoms with Gasteiger partial charge in [-0.1, -0.05) is 0 Å². The lowest BCUT2D eigenvalue weighted by atomic mass is 9.47. The van der Waals surface area contributed by atoms with Crippen LogP contribution >= 0.6 is 0 Å². The zero-order valence-electron chi connectivity index (χ0n) is 16.0. The topological polar surface area (TPSA) is 76.3 Å². The number of fused-ring (bicyclic) bond motifs is 1. The van der Waals surface area contributed by atoms with Gasteiger partial charge in [0.15, 0.2) is 0 Å². The molecule has 1 aromatic heterocycles. The fraction of sp³-hybridized carbons (Fsp3) is 0.619. The van der Waals surface area contributed by atoms with Crippen molar-refractivity contribution in [1.29, 1.82) is 0 Å². The number of hydrogen-bond donors (Lipinski definition) is 2. The first-order chi connectivity index (χ1) is 12.8. The van der Waals surface area contributed by atoms with Crippen LogP contribution in [-0.4, -0.2) is 25.7 Å². The Morgan fingerprint density at radius 1 is 1.15 bits per heavy atom. The van der Waals surface area contributed by atoms with Gasteiger partial charge < -0.3 is 10.4 Å². The summed E-state index contributed by atoms with van der Waals surface area (Å²) < 4.78 is 3.21. The highest BCUT2D eigenvalue weighted by atomic mass is 16.3. The van der Waals surface area contributed by atoms with Crippen LogP contribution in [0, 0.1) is 17.3 Å². The highest BCUT2D eigenvalue weighted by molar-refractivity contribution is 5.93. The van der Waals surface area contributed by atoms with Crippen LogP contribution in [0.1, 0.15) is 44.9 Å². The van der Waals surface area contributed by atoms with Crippen molar-refractivity contribution in [3.8, 4) is 0 Å². The number of amides is 1. The number of rotatable bonds is 3. The molecule has 1 heterocycles. The zero-order chi connectivity index (χ0) is 19.0. The van der Waals surface area contributed by atoms with Gasteiger partial charge in [0, 0.05) is 26.2 Å². The first-order valence-electron chi connectivity index (χ1n) is 9.94. The first-order valence-corrected chi connectivity index (χ1v) is 9.94. The van der Waals surface area contributed by atoms with Gasteiger partial charge in [-0.15, -0.1) is 0 Å². The van der Waals surface area contributed by atoms with E-state index in [1.807, 2.05) is 18.2 Å². The minimum atomic E-state index is -0.536. The predicted molar refractivity (Wildman–Crippen MR) is 103 cm³/mol. The second-order valence-electron chi connectivity index (χ2n) is 9.51. The monoisotopic (exact) mass is 369 g/mol. The Bertz CT molecular complexity index is 988. The molecule has 1 amide bonds. The number of hydrogen-bond acceptors (Lipinski definition) is 3. The Hall–Kier alpha value is -2.08. The molecule has 6 heteroatoms. The van der Waals surface area contributed by atoms with Crippen LogP contribution in [0.15, 0.2) is 23.0 Å². The number of anilines is 1. The Kier molecular flexibility index (Phi) is 3.46. The molecule has 0 radical (unpaired) electrons. The molecule has 0 spiro atoms. The molecule has 6 nitrogen and oxygen atoms in total. The highest BCUT2D eigenvalue weighted by Crippen LogP contribution is 2.62. The average molecular weight is 369 g/mol. The lowest BCUT2D eigenvalue weighted by Gasteiger charge is -2.60. The number of aliphatic hydroxyl groups is 1. The maximum Gasteiger partial charge on any atom is 0.328 e. The summed E-state index contributed by atoms with van der Waals surface area (Å²) in [5, 5.41) is 13.9. The molecule has 2 atom stereocenters. The minimum absolute atomic E-state index is 0.0147. The van der Waals surface area contributed by atoms with E-state index in [1.165, 1.54) is 6.42 Å². The quantitative estimate of drug-likeness (QED) is 0.873. The number of nitrogens with zero attached hydrogens (tertiary/aromatic N) is 2. The highest BCUT2D eigenvalue weighted by Gasteiger charge is 2.57. The van der Waals surface area contributed by atoms with Gasteiger partial charge >= 0.3 is 5.69 Å². The second-order valence-corrected chi connectivity index (χ2v) is 9.51. The summed E-state index contributed by atoms with van der Waals surface area (Å²) in [4.78, 5) is 24.9. The van der Waals surface area contributed by atoms with Crippen LogP contribution in [0.4, 0.5) is 5.69 Å². The molecule has 1 aromatic carbocycles. The molecule has 2 aromatic rings. The Morgan fingerprint density at radius 2 is 1.81 bits per heavy atom. The standard InChI is InChI=1S/C21H27N3O3/c1-23-16-4-3-15(6-17(16)24(2)19(23)26)22-18(25)11-20-7-13-5-14(8-20)10-21(27,9-13)12-20/h3-4,6,13-14,27H,5,7-12H2,1-2H3,(H,22,25)/t13-,14-,20?,21?/m1/s1. The number of carbonyl (C=O) groups excluding carboxylic acids is 1. The molecule has 4 aliphatic carbocycles. The lowest BCUT2D eigenvalue weighted by Crippen LogP contribution is -2.56. The minimum Gasteiger partial charge on any atom is -0.390 e. The van der Waals surface area contributed by atoms with Crippen molar-refractivity contribution in [3.63, 3.8) is 0 Å². The predicted octanol–water partition coefficient (Wildman–Crippen LogP) is 2.54. The smallest absolute Gasteiger partial charge is 0.328 e. The number of carbonyl (C=O) groups is 1. The van der Waals surface area contributed by atoms with E-state index in [0.717, 1.165) is 48.8 Å². The number of aryl methyl sites for hydroxylation is 2. The average Bonchev–Trinajstić information content (AvgIpc) is 2.76. The van der Waals surface area contributed by atoms with Gasteiger partial charge in [-0.05, 0) is 74.0 Å². The SMILES string of the molecule is Cn1c(=O)n(C)c2cc(NC(=O)CC34C[C@H]5C[C@@H](CC(O)(C5)C3)C4)ccc21. The van der Waals surface area contributed by atoms with E-state index in [4.69, 9.17) is 0 Å². The van der Waals surface area contributed by atoms with Gasteiger partial charge in [0.2, 0.25) is 5.91 Å². The summed E-state index contributed by atoms with van der Waals surface area (Å²) in [5.41, 5.74) is 1.73. The zero-order valence-corrected chi connectivity index (χ0v) is 16.0. The molecule has 4 saturated carbocycles. The molecule has 144 valence electrons. The van der Waals surface area contributed by atoms with Gasteiger partial charge in [0.05, 0.1) is 16.6 Å². The number of aromatic nitrogens is 2.